The van der Waals surface area contributed by atoms with E-state index in [9.17, 15) is 0 Å². The van der Waals surface area contributed by atoms with Crippen molar-refractivity contribution in [3.05, 3.63) is 0 Å². The molecule has 0 aliphatic rings. The van der Waals surface area contributed by atoms with Crippen molar-refractivity contribution >= 4 is 12.2 Å². The second-order valence-electron chi connectivity index (χ2n) is 3.85. The Hall–Kier alpha value is -1.10. The lowest BCUT2D eigenvalue weighted by molar-refractivity contribution is 0.221. The standard InChI is InChI=1S/C10H23N5/c1-9(2)15(8-11-4)13-7-12-10(3)14(5)6/h7,9,11H,8H2,1-6H3/b12-10?,13-7-. The van der Waals surface area contributed by atoms with Gasteiger partial charge in [-0.1, -0.05) is 0 Å². The number of hydrazone groups is 1. The van der Waals surface area contributed by atoms with E-state index in [4.69, 9.17) is 0 Å². The number of amidine groups is 1. The van der Waals surface area contributed by atoms with E-state index in [0.29, 0.717) is 6.04 Å². The van der Waals surface area contributed by atoms with Crippen LogP contribution < -0.4 is 5.32 Å². The lowest BCUT2D eigenvalue weighted by Gasteiger charge is -2.22. The molecule has 5 heteroatoms. The molecule has 0 bridgehead atoms. The summed E-state index contributed by atoms with van der Waals surface area (Å²) in [5.74, 6) is 0.937. The average Bonchev–Trinajstić information content (AvgIpc) is 2.15. The first-order chi connectivity index (χ1) is 6.99. The molecule has 0 unspecified atom stereocenters. The van der Waals surface area contributed by atoms with Crippen LogP contribution in [-0.4, -0.2) is 55.9 Å². The molecule has 0 fully saturated rings. The predicted molar refractivity (Wildman–Crippen MR) is 66.2 cm³/mol. The molecule has 0 aromatic rings. The predicted octanol–water partition coefficient (Wildman–Crippen LogP) is 0.797. The summed E-state index contributed by atoms with van der Waals surface area (Å²) in [6.07, 6.45) is 1.59. The topological polar surface area (TPSA) is 43.2 Å². The van der Waals surface area contributed by atoms with Crippen molar-refractivity contribution in [1.29, 1.82) is 0 Å². The van der Waals surface area contributed by atoms with E-state index < -0.39 is 0 Å². The minimum Gasteiger partial charge on any atom is -0.366 e. The zero-order chi connectivity index (χ0) is 11.8. The third kappa shape index (κ3) is 6.06. The molecule has 0 aliphatic heterocycles. The van der Waals surface area contributed by atoms with E-state index in [1.165, 1.54) is 0 Å². The first kappa shape index (κ1) is 13.9. The SMILES string of the molecule is CNCN(/N=C\N=C(C)N(C)C)C(C)C. The van der Waals surface area contributed by atoms with E-state index in [-0.39, 0.29) is 0 Å². The summed E-state index contributed by atoms with van der Waals surface area (Å²) in [6, 6.07) is 0.364. The van der Waals surface area contributed by atoms with Crippen molar-refractivity contribution in [2.24, 2.45) is 10.1 Å². The largest absolute Gasteiger partial charge is 0.366 e. The first-order valence-electron chi connectivity index (χ1n) is 5.14. The fraction of sp³-hybridized carbons (Fsp3) is 0.800. The molecule has 0 radical (unpaired) electrons. The molecule has 0 saturated carbocycles. The molecule has 1 N–H and O–H groups in total. The van der Waals surface area contributed by atoms with Crippen LogP contribution in [0.3, 0.4) is 0 Å². The number of nitrogens with zero attached hydrogens (tertiary/aromatic N) is 4. The summed E-state index contributed by atoms with van der Waals surface area (Å²) in [5.41, 5.74) is 0. The van der Waals surface area contributed by atoms with Gasteiger partial charge in [-0.25, -0.2) is 4.99 Å². The summed E-state index contributed by atoms with van der Waals surface area (Å²) >= 11 is 0. The van der Waals surface area contributed by atoms with E-state index in [1.807, 2.05) is 38.0 Å². The van der Waals surface area contributed by atoms with Gasteiger partial charge in [0.25, 0.3) is 0 Å². The second kappa shape index (κ2) is 7.23. The lowest BCUT2D eigenvalue weighted by Crippen LogP contribution is -2.33. The van der Waals surface area contributed by atoms with E-state index in [2.05, 4.69) is 29.3 Å². The lowest BCUT2D eigenvalue weighted by atomic mass is 10.4. The zero-order valence-corrected chi connectivity index (χ0v) is 10.7. The molecule has 0 aromatic heterocycles. The van der Waals surface area contributed by atoms with Gasteiger partial charge in [-0.3, -0.25) is 5.01 Å². The highest BCUT2D eigenvalue weighted by atomic mass is 15.5. The molecule has 0 amide bonds. The fourth-order valence-corrected chi connectivity index (χ4v) is 0.810. The Morgan fingerprint density at radius 1 is 1.40 bits per heavy atom. The maximum absolute atomic E-state index is 4.27. The maximum atomic E-state index is 4.27. The molecule has 0 saturated heterocycles. The Morgan fingerprint density at radius 3 is 2.40 bits per heavy atom. The van der Waals surface area contributed by atoms with Crippen LogP contribution in [0.5, 0.6) is 0 Å². The van der Waals surface area contributed by atoms with Gasteiger partial charge < -0.3 is 10.2 Å². The highest BCUT2D eigenvalue weighted by Gasteiger charge is 2.02. The van der Waals surface area contributed by atoms with Gasteiger partial charge in [0.15, 0.2) is 0 Å². The monoisotopic (exact) mass is 213 g/mol. The molecular formula is C10H23N5. The Labute approximate surface area is 92.9 Å². The van der Waals surface area contributed by atoms with E-state index in [1.54, 1.807) is 6.34 Å². The first-order valence-corrected chi connectivity index (χ1v) is 5.14. The Balaban J connectivity index is 4.28. The summed E-state index contributed by atoms with van der Waals surface area (Å²) < 4.78 is 0. The van der Waals surface area contributed by atoms with Crippen LogP contribution in [0.4, 0.5) is 0 Å². The average molecular weight is 213 g/mol. The van der Waals surface area contributed by atoms with Gasteiger partial charge in [-0.15, -0.1) is 0 Å². The normalized spacial score (nSPS) is 12.6. The Morgan fingerprint density at radius 2 is 2.00 bits per heavy atom. The van der Waals surface area contributed by atoms with Gasteiger partial charge in [0.05, 0.1) is 6.67 Å². The number of rotatable bonds is 5. The summed E-state index contributed by atoms with van der Waals surface area (Å²) in [7, 11) is 5.82. The van der Waals surface area contributed by atoms with Crippen molar-refractivity contribution in [2.45, 2.75) is 26.8 Å². The van der Waals surface area contributed by atoms with E-state index in [0.717, 1.165) is 12.5 Å². The number of hydrogen-bond acceptors (Lipinski definition) is 3. The van der Waals surface area contributed by atoms with Crippen LogP contribution in [0.15, 0.2) is 10.1 Å². The van der Waals surface area contributed by atoms with Crippen molar-refractivity contribution in [1.82, 2.24) is 15.2 Å². The van der Waals surface area contributed by atoms with Crippen LogP contribution in [0.1, 0.15) is 20.8 Å². The van der Waals surface area contributed by atoms with Crippen LogP contribution in [0.2, 0.25) is 0 Å². The molecule has 88 valence electrons. The minimum absolute atomic E-state index is 0.364. The maximum Gasteiger partial charge on any atom is 0.137 e. The number of aliphatic imine (C=N–C) groups is 1. The van der Waals surface area contributed by atoms with Gasteiger partial charge in [-0.2, -0.15) is 5.10 Å². The van der Waals surface area contributed by atoms with Gasteiger partial charge in [-0.05, 0) is 27.8 Å². The highest BCUT2D eigenvalue weighted by Crippen LogP contribution is 1.95. The number of hydrogen-bond donors (Lipinski definition) is 1. The van der Waals surface area contributed by atoms with Gasteiger partial charge in [0.1, 0.15) is 12.2 Å². The Bertz CT molecular complexity index is 220. The smallest absolute Gasteiger partial charge is 0.137 e. The summed E-state index contributed by atoms with van der Waals surface area (Å²) in [5, 5.41) is 9.27. The second-order valence-corrected chi connectivity index (χ2v) is 3.85. The molecule has 0 atom stereocenters. The third-order valence-corrected chi connectivity index (χ3v) is 2.01. The molecule has 5 nitrogen and oxygen atoms in total. The summed E-state index contributed by atoms with van der Waals surface area (Å²) in [4.78, 5) is 6.16. The molecule has 0 rings (SSSR count). The van der Waals surface area contributed by atoms with Crippen molar-refractivity contribution in [3.8, 4) is 0 Å². The highest BCUT2D eigenvalue weighted by molar-refractivity contribution is 5.86. The molecule has 0 spiro atoms. The van der Waals surface area contributed by atoms with Crippen LogP contribution in [-0.2, 0) is 0 Å². The molecule has 0 aromatic carbocycles. The van der Waals surface area contributed by atoms with Crippen LogP contribution >= 0.6 is 0 Å². The van der Waals surface area contributed by atoms with Crippen molar-refractivity contribution in [2.75, 3.05) is 27.8 Å². The van der Waals surface area contributed by atoms with Crippen molar-refractivity contribution in [3.63, 3.8) is 0 Å². The molecule has 0 heterocycles. The van der Waals surface area contributed by atoms with Crippen LogP contribution in [0, 0.1) is 0 Å². The minimum atomic E-state index is 0.364. The quantitative estimate of drug-likeness (QED) is 0.318. The van der Waals surface area contributed by atoms with Crippen LogP contribution in [0.25, 0.3) is 0 Å². The molecular weight excluding hydrogens is 190 g/mol. The van der Waals surface area contributed by atoms with Gasteiger partial charge in [0, 0.05) is 20.1 Å². The fourth-order valence-electron chi connectivity index (χ4n) is 0.810. The molecule has 0 aliphatic carbocycles. The number of nitrogens with one attached hydrogen (secondary N) is 1. The van der Waals surface area contributed by atoms with E-state index >= 15 is 0 Å². The van der Waals surface area contributed by atoms with Crippen molar-refractivity contribution < 1.29 is 0 Å². The summed E-state index contributed by atoms with van der Waals surface area (Å²) in [6.45, 7) is 6.86. The van der Waals surface area contributed by atoms with Gasteiger partial charge >= 0.3 is 0 Å². The zero-order valence-electron chi connectivity index (χ0n) is 10.7. The third-order valence-electron chi connectivity index (χ3n) is 2.01. The Kier molecular flexibility index (Phi) is 6.70. The molecule has 15 heavy (non-hydrogen) atoms. The van der Waals surface area contributed by atoms with Gasteiger partial charge in [0.2, 0.25) is 0 Å².